The Balaban J connectivity index is 1.69. The van der Waals surface area contributed by atoms with Gasteiger partial charge in [-0.05, 0) is 58.6 Å². The Morgan fingerprint density at radius 3 is 2.57 bits per heavy atom. The van der Waals surface area contributed by atoms with E-state index in [2.05, 4.69) is 39.4 Å². The minimum atomic E-state index is -3.52. The first kappa shape index (κ1) is 16.3. The fourth-order valence-electron chi connectivity index (χ4n) is 3.32. The number of rotatable bonds is 6. The van der Waals surface area contributed by atoms with Crippen LogP contribution < -0.4 is 4.72 Å². The largest absolute Gasteiger partial charge is 0.346 e. The van der Waals surface area contributed by atoms with Crippen LogP contribution in [0.1, 0.15) is 47.2 Å². The summed E-state index contributed by atoms with van der Waals surface area (Å²) < 4.78 is 29.9. The van der Waals surface area contributed by atoms with Gasteiger partial charge in [-0.15, -0.1) is 0 Å². The first-order chi connectivity index (χ1) is 10.8. The summed E-state index contributed by atoms with van der Waals surface area (Å²) in [6.45, 7) is 8.05. The predicted octanol–water partition coefficient (Wildman–Crippen LogP) is 2.30. The van der Waals surface area contributed by atoms with Crippen LogP contribution in [0.3, 0.4) is 0 Å². The molecule has 0 unspecified atom stereocenters. The number of nitrogens with one attached hydrogen (secondary N) is 2. The van der Waals surface area contributed by atoms with E-state index >= 15 is 0 Å². The minimum absolute atomic E-state index is 0.265. The molecule has 0 bridgehead atoms. The molecule has 1 aliphatic rings. The van der Waals surface area contributed by atoms with Crippen molar-refractivity contribution >= 4 is 10.0 Å². The van der Waals surface area contributed by atoms with Gasteiger partial charge in [0.1, 0.15) is 4.90 Å². The van der Waals surface area contributed by atoms with Gasteiger partial charge in [0.15, 0.2) is 0 Å². The van der Waals surface area contributed by atoms with Crippen molar-refractivity contribution in [3.8, 4) is 0 Å². The molecule has 0 amide bonds. The Labute approximate surface area is 137 Å². The molecule has 2 heterocycles. The van der Waals surface area contributed by atoms with Crippen LogP contribution in [0, 0.1) is 27.7 Å². The van der Waals surface area contributed by atoms with Crippen molar-refractivity contribution in [1.29, 1.82) is 0 Å². The molecule has 6 nitrogen and oxygen atoms in total. The van der Waals surface area contributed by atoms with E-state index in [1.165, 1.54) is 29.8 Å². The van der Waals surface area contributed by atoms with E-state index in [1.54, 1.807) is 13.8 Å². The van der Waals surface area contributed by atoms with Crippen molar-refractivity contribution in [3.05, 3.63) is 34.4 Å². The number of H-pyrrole nitrogens is 1. The molecule has 1 fully saturated rings. The zero-order valence-corrected chi connectivity index (χ0v) is 14.9. The molecule has 7 heteroatoms. The van der Waals surface area contributed by atoms with Crippen molar-refractivity contribution in [2.75, 3.05) is 6.54 Å². The summed E-state index contributed by atoms with van der Waals surface area (Å²) >= 11 is 0. The molecule has 126 valence electrons. The fraction of sp³-hybridized carbons (Fsp3) is 0.562. The maximum absolute atomic E-state index is 12.4. The number of nitrogens with zero attached hydrogens (tertiary/aromatic N) is 2. The summed E-state index contributed by atoms with van der Waals surface area (Å²) in [6.07, 6.45) is 3.20. The summed E-state index contributed by atoms with van der Waals surface area (Å²) in [5.74, 6) is 0. The number of aromatic amines is 1. The average molecular weight is 336 g/mol. The second kappa shape index (κ2) is 5.79. The van der Waals surface area contributed by atoms with Crippen LogP contribution in [-0.4, -0.2) is 29.7 Å². The number of hydrogen-bond donors (Lipinski definition) is 2. The maximum Gasteiger partial charge on any atom is 0.244 e. The van der Waals surface area contributed by atoms with Gasteiger partial charge in [0.25, 0.3) is 0 Å². The fourth-order valence-corrected chi connectivity index (χ4v) is 4.72. The lowest BCUT2D eigenvalue weighted by atomic mass is 10.2. The second-order valence-electron chi connectivity index (χ2n) is 6.41. The third kappa shape index (κ3) is 3.07. The highest BCUT2D eigenvalue weighted by molar-refractivity contribution is 7.89. The van der Waals surface area contributed by atoms with E-state index in [0.29, 0.717) is 30.4 Å². The van der Waals surface area contributed by atoms with Crippen LogP contribution in [0.15, 0.2) is 11.0 Å². The summed E-state index contributed by atoms with van der Waals surface area (Å²) in [7, 11) is -3.52. The highest BCUT2D eigenvalue weighted by Gasteiger charge is 2.27. The van der Waals surface area contributed by atoms with Gasteiger partial charge in [-0.25, -0.2) is 13.1 Å². The van der Waals surface area contributed by atoms with Crippen LogP contribution >= 0.6 is 0 Å². The van der Waals surface area contributed by atoms with Crippen molar-refractivity contribution in [2.45, 2.75) is 57.9 Å². The number of aromatic nitrogens is 3. The summed E-state index contributed by atoms with van der Waals surface area (Å²) in [5, 5.41) is 6.67. The summed E-state index contributed by atoms with van der Waals surface area (Å²) in [5.41, 5.74) is 4.82. The first-order valence-corrected chi connectivity index (χ1v) is 9.48. The van der Waals surface area contributed by atoms with Gasteiger partial charge in [0.2, 0.25) is 10.0 Å². The maximum atomic E-state index is 12.4. The molecule has 0 atom stereocenters. The molecule has 2 aromatic heterocycles. The van der Waals surface area contributed by atoms with E-state index < -0.39 is 10.0 Å². The molecule has 0 aliphatic heterocycles. The number of aryl methyl sites for hydroxylation is 3. The molecule has 23 heavy (non-hydrogen) atoms. The van der Waals surface area contributed by atoms with Crippen LogP contribution in [0.4, 0.5) is 0 Å². The van der Waals surface area contributed by atoms with E-state index in [4.69, 9.17) is 0 Å². The zero-order chi connectivity index (χ0) is 16.8. The lowest BCUT2D eigenvalue weighted by Gasteiger charge is -2.09. The Hall–Kier alpha value is -1.60. The highest BCUT2D eigenvalue weighted by atomic mass is 32.2. The van der Waals surface area contributed by atoms with Crippen molar-refractivity contribution in [3.63, 3.8) is 0 Å². The second-order valence-corrected chi connectivity index (χ2v) is 8.11. The first-order valence-electron chi connectivity index (χ1n) is 8.00. The molecule has 3 rings (SSSR count). The molecule has 0 radical (unpaired) electrons. The lowest BCUT2D eigenvalue weighted by Crippen LogP contribution is -2.27. The van der Waals surface area contributed by atoms with E-state index in [9.17, 15) is 8.42 Å². The lowest BCUT2D eigenvalue weighted by molar-refractivity contribution is 0.580. The van der Waals surface area contributed by atoms with E-state index in [1.807, 2.05) is 0 Å². The SMILES string of the molecule is Cc1n[nH]c(C)c1S(=O)(=O)NCCc1cc(C)n(C2CC2)c1C. The Morgan fingerprint density at radius 1 is 1.30 bits per heavy atom. The Kier molecular flexibility index (Phi) is 4.10. The van der Waals surface area contributed by atoms with Crippen LogP contribution in [0.2, 0.25) is 0 Å². The number of hydrogen-bond acceptors (Lipinski definition) is 3. The average Bonchev–Trinajstić information content (AvgIpc) is 3.16. The van der Waals surface area contributed by atoms with Gasteiger partial charge in [-0.3, -0.25) is 5.10 Å². The smallest absolute Gasteiger partial charge is 0.244 e. The summed E-state index contributed by atoms with van der Waals surface area (Å²) in [6, 6.07) is 2.83. The molecule has 2 N–H and O–H groups in total. The summed E-state index contributed by atoms with van der Waals surface area (Å²) in [4.78, 5) is 0.265. The molecular weight excluding hydrogens is 312 g/mol. The van der Waals surface area contributed by atoms with Crippen molar-refractivity contribution < 1.29 is 8.42 Å². The van der Waals surface area contributed by atoms with Crippen LogP contribution in [0.25, 0.3) is 0 Å². The van der Waals surface area contributed by atoms with Gasteiger partial charge in [-0.2, -0.15) is 5.10 Å². The molecule has 1 saturated carbocycles. The third-order valence-electron chi connectivity index (χ3n) is 4.52. The molecule has 0 aromatic carbocycles. The van der Waals surface area contributed by atoms with Gasteiger partial charge in [0.05, 0.1) is 11.4 Å². The topological polar surface area (TPSA) is 79.8 Å². The van der Waals surface area contributed by atoms with Crippen molar-refractivity contribution in [1.82, 2.24) is 19.5 Å². The zero-order valence-electron chi connectivity index (χ0n) is 14.1. The monoisotopic (exact) mass is 336 g/mol. The standard InChI is InChI=1S/C16H24N4O2S/c1-10-9-14(13(4)20(10)15-5-6-15)7-8-17-23(21,22)16-11(2)18-19-12(16)3/h9,15,17H,5-8H2,1-4H3,(H,18,19). The van der Waals surface area contributed by atoms with E-state index in [-0.39, 0.29) is 4.90 Å². The van der Waals surface area contributed by atoms with E-state index in [0.717, 1.165) is 0 Å². The third-order valence-corrected chi connectivity index (χ3v) is 6.24. The predicted molar refractivity (Wildman–Crippen MR) is 89.1 cm³/mol. The van der Waals surface area contributed by atoms with Gasteiger partial charge in [0, 0.05) is 24.0 Å². The molecule has 0 saturated heterocycles. The van der Waals surface area contributed by atoms with Crippen LogP contribution in [-0.2, 0) is 16.4 Å². The normalized spacial score (nSPS) is 15.3. The Bertz CT molecular complexity index is 809. The molecule has 0 spiro atoms. The number of sulfonamides is 1. The van der Waals surface area contributed by atoms with Gasteiger partial charge >= 0.3 is 0 Å². The molecular formula is C16H24N4O2S. The quantitative estimate of drug-likeness (QED) is 0.849. The van der Waals surface area contributed by atoms with Gasteiger partial charge < -0.3 is 4.57 Å². The van der Waals surface area contributed by atoms with Crippen molar-refractivity contribution in [2.24, 2.45) is 0 Å². The molecule has 1 aliphatic carbocycles. The highest BCUT2D eigenvalue weighted by Crippen LogP contribution is 2.38. The Morgan fingerprint density at radius 2 is 2.00 bits per heavy atom. The molecule has 2 aromatic rings. The van der Waals surface area contributed by atoms with Crippen LogP contribution in [0.5, 0.6) is 0 Å². The minimum Gasteiger partial charge on any atom is -0.346 e. The van der Waals surface area contributed by atoms with Gasteiger partial charge in [-0.1, -0.05) is 0 Å².